The molecule has 104 valence electrons. The lowest BCUT2D eigenvalue weighted by molar-refractivity contribution is 0.0684. The largest absolute Gasteiger partial charge is 0.477 e. The van der Waals surface area contributed by atoms with Crippen LogP contribution in [0.1, 0.15) is 32.0 Å². The number of aryl methyl sites for hydroxylation is 1. The van der Waals surface area contributed by atoms with Crippen LogP contribution >= 0.6 is 0 Å². The zero-order chi connectivity index (χ0) is 14.9. The van der Waals surface area contributed by atoms with E-state index >= 15 is 0 Å². The van der Waals surface area contributed by atoms with Gasteiger partial charge in [0.25, 0.3) is 0 Å². The molecular weight excluding hydrogens is 263 g/mol. The maximum atomic E-state index is 13.7. The summed E-state index contributed by atoms with van der Waals surface area (Å²) in [5.41, 5.74) is 6.21. The van der Waals surface area contributed by atoms with Gasteiger partial charge in [0.1, 0.15) is 11.5 Å². The predicted molar refractivity (Wildman–Crippen MR) is 70.1 cm³/mol. The molecule has 1 heterocycles. The van der Waals surface area contributed by atoms with Crippen LogP contribution in [-0.2, 0) is 6.54 Å². The fraction of sp³-hybridized carbons (Fsp3) is 0.143. The number of nitrogens with zero attached hydrogens (tertiary/aromatic N) is 1. The Morgan fingerprint density at radius 1 is 1.35 bits per heavy atom. The van der Waals surface area contributed by atoms with Crippen molar-refractivity contribution in [2.24, 2.45) is 5.73 Å². The number of carbonyl (C=O) groups excluding carboxylic acids is 1. The second kappa shape index (κ2) is 5.16. The number of hydrogen-bond acceptors (Lipinski definition) is 2. The number of hydrogen-bond donors (Lipinski definition) is 2. The average Bonchev–Trinajstić information content (AvgIpc) is 2.73. The van der Waals surface area contributed by atoms with Crippen molar-refractivity contribution in [1.82, 2.24) is 4.57 Å². The quantitative estimate of drug-likeness (QED) is 0.892. The first-order valence-corrected chi connectivity index (χ1v) is 5.87. The summed E-state index contributed by atoms with van der Waals surface area (Å²) < 4.78 is 15.2. The summed E-state index contributed by atoms with van der Waals surface area (Å²) in [6.07, 6.45) is 1.56. The third kappa shape index (κ3) is 2.54. The third-order valence-corrected chi connectivity index (χ3v) is 3.04. The number of nitrogens with two attached hydrogens (primary N) is 1. The maximum absolute atomic E-state index is 13.7. The molecule has 0 saturated heterocycles. The fourth-order valence-corrected chi connectivity index (χ4v) is 2.04. The molecule has 2 aromatic rings. The number of carbonyl (C=O) groups is 2. The number of halogens is 1. The van der Waals surface area contributed by atoms with E-state index in [4.69, 9.17) is 10.8 Å². The summed E-state index contributed by atoms with van der Waals surface area (Å²) in [5.74, 6) is -2.26. The van der Waals surface area contributed by atoms with E-state index in [0.717, 1.165) is 6.07 Å². The van der Waals surface area contributed by atoms with Gasteiger partial charge in [-0.25, -0.2) is 9.18 Å². The second-order valence-corrected chi connectivity index (χ2v) is 4.45. The Morgan fingerprint density at radius 3 is 2.65 bits per heavy atom. The minimum Gasteiger partial charge on any atom is -0.477 e. The van der Waals surface area contributed by atoms with Gasteiger partial charge in [0.2, 0.25) is 5.91 Å². The Morgan fingerprint density at radius 2 is 2.05 bits per heavy atom. The Kier molecular flexibility index (Phi) is 3.56. The molecule has 0 aliphatic carbocycles. The van der Waals surface area contributed by atoms with Crippen LogP contribution in [0.3, 0.4) is 0 Å². The van der Waals surface area contributed by atoms with Crippen LogP contribution in [0, 0.1) is 12.7 Å². The van der Waals surface area contributed by atoms with Gasteiger partial charge in [0.05, 0.1) is 6.54 Å². The molecule has 0 fully saturated rings. The van der Waals surface area contributed by atoms with E-state index in [0.29, 0.717) is 5.56 Å². The minimum absolute atomic E-state index is 0.0163. The topological polar surface area (TPSA) is 85.3 Å². The Hall–Kier alpha value is -2.63. The van der Waals surface area contributed by atoms with Crippen LogP contribution in [0.25, 0.3) is 0 Å². The van der Waals surface area contributed by atoms with Crippen LogP contribution in [0.15, 0.2) is 30.5 Å². The number of carboxylic acid groups (broad SMARTS) is 1. The Balaban J connectivity index is 2.42. The first kappa shape index (κ1) is 13.8. The van der Waals surface area contributed by atoms with E-state index in [-0.39, 0.29) is 23.4 Å². The first-order chi connectivity index (χ1) is 9.40. The van der Waals surface area contributed by atoms with Gasteiger partial charge in [0.15, 0.2) is 0 Å². The molecule has 1 aromatic carbocycles. The van der Waals surface area contributed by atoms with Gasteiger partial charge in [-0.2, -0.15) is 0 Å². The van der Waals surface area contributed by atoms with Crippen LogP contribution in [0.2, 0.25) is 0 Å². The highest BCUT2D eigenvalue weighted by molar-refractivity contribution is 5.93. The predicted octanol–water partition coefficient (Wildman–Crippen LogP) is 1.78. The van der Waals surface area contributed by atoms with Crippen molar-refractivity contribution in [3.05, 3.63) is 58.7 Å². The van der Waals surface area contributed by atoms with Crippen molar-refractivity contribution in [2.45, 2.75) is 13.5 Å². The second-order valence-electron chi connectivity index (χ2n) is 4.45. The SMILES string of the molecule is Cc1ccn(Cc2cc(C(N)=O)ccc2F)c1C(=O)O. The van der Waals surface area contributed by atoms with Crippen molar-refractivity contribution in [1.29, 1.82) is 0 Å². The standard InChI is InChI=1S/C14H13FN2O3/c1-8-4-5-17(12(8)14(19)20)7-10-6-9(13(16)18)2-3-11(10)15/h2-6H,7H2,1H3,(H2,16,18)(H,19,20). The molecule has 1 amide bonds. The summed E-state index contributed by atoms with van der Waals surface area (Å²) in [7, 11) is 0. The number of amides is 1. The summed E-state index contributed by atoms with van der Waals surface area (Å²) in [5, 5.41) is 9.14. The molecule has 0 spiro atoms. The highest BCUT2D eigenvalue weighted by Crippen LogP contribution is 2.16. The first-order valence-electron chi connectivity index (χ1n) is 5.87. The molecule has 0 aliphatic heterocycles. The molecule has 20 heavy (non-hydrogen) atoms. The number of aromatic carboxylic acids is 1. The summed E-state index contributed by atoms with van der Waals surface area (Å²) in [6, 6.07) is 5.41. The lowest BCUT2D eigenvalue weighted by atomic mass is 10.1. The lowest BCUT2D eigenvalue weighted by Gasteiger charge is -2.09. The molecule has 0 atom stereocenters. The van der Waals surface area contributed by atoms with Crippen molar-refractivity contribution >= 4 is 11.9 Å². The van der Waals surface area contributed by atoms with Crippen LogP contribution in [0.5, 0.6) is 0 Å². The van der Waals surface area contributed by atoms with Crippen molar-refractivity contribution < 1.29 is 19.1 Å². The van der Waals surface area contributed by atoms with Gasteiger partial charge >= 0.3 is 5.97 Å². The summed E-state index contributed by atoms with van der Waals surface area (Å²) in [6.45, 7) is 1.68. The molecule has 6 heteroatoms. The normalized spacial score (nSPS) is 10.5. The van der Waals surface area contributed by atoms with E-state index in [2.05, 4.69) is 0 Å². The van der Waals surface area contributed by atoms with Crippen LogP contribution < -0.4 is 5.73 Å². The summed E-state index contributed by atoms with van der Waals surface area (Å²) in [4.78, 5) is 22.3. The Bertz CT molecular complexity index is 692. The maximum Gasteiger partial charge on any atom is 0.352 e. The van der Waals surface area contributed by atoms with E-state index in [1.807, 2.05) is 0 Å². The van der Waals surface area contributed by atoms with E-state index in [1.54, 1.807) is 19.2 Å². The van der Waals surface area contributed by atoms with E-state index in [9.17, 15) is 14.0 Å². The zero-order valence-electron chi connectivity index (χ0n) is 10.8. The smallest absolute Gasteiger partial charge is 0.352 e. The number of aromatic nitrogens is 1. The highest BCUT2D eigenvalue weighted by Gasteiger charge is 2.15. The van der Waals surface area contributed by atoms with Gasteiger partial charge < -0.3 is 15.4 Å². The molecule has 2 rings (SSSR count). The summed E-state index contributed by atoms with van der Waals surface area (Å²) >= 11 is 0. The van der Waals surface area contributed by atoms with Crippen molar-refractivity contribution in [2.75, 3.05) is 0 Å². The van der Waals surface area contributed by atoms with Gasteiger partial charge in [-0.05, 0) is 36.8 Å². The molecule has 3 N–H and O–H groups in total. The number of carboxylic acids is 1. The molecule has 0 radical (unpaired) electrons. The van der Waals surface area contributed by atoms with Crippen molar-refractivity contribution in [3.8, 4) is 0 Å². The molecule has 0 aliphatic rings. The fourth-order valence-electron chi connectivity index (χ4n) is 2.04. The average molecular weight is 276 g/mol. The number of benzene rings is 1. The zero-order valence-corrected chi connectivity index (χ0v) is 10.8. The third-order valence-electron chi connectivity index (χ3n) is 3.04. The number of rotatable bonds is 4. The van der Waals surface area contributed by atoms with E-state index < -0.39 is 17.7 Å². The van der Waals surface area contributed by atoms with Crippen LogP contribution in [-0.4, -0.2) is 21.6 Å². The lowest BCUT2D eigenvalue weighted by Crippen LogP contribution is -2.14. The molecule has 0 bridgehead atoms. The molecule has 1 aromatic heterocycles. The highest BCUT2D eigenvalue weighted by atomic mass is 19.1. The van der Waals surface area contributed by atoms with Gasteiger partial charge in [-0.15, -0.1) is 0 Å². The monoisotopic (exact) mass is 276 g/mol. The van der Waals surface area contributed by atoms with Gasteiger partial charge in [-0.3, -0.25) is 4.79 Å². The van der Waals surface area contributed by atoms with E-state index in [1.165, 1.54) is 16.7 Å². The molecule has 0 unspecified atom stereocenters. The van der Waals surface area contributed by atoms with Crippen LogP contribution in [0.4, 0.5) is 4.39 Å². The molecular formula is C14H13FN2O3. The number of primary amides is 1. The Labute approximate surface area is 114 Å². The van der Waals surface area contributed by atoms with Gasteiger partial charge in [-0.1, -0.05) is 0 Å². The minimum atomic E-state index is -1.08. The molecule has 5 nitrogen and oxygen atoms in total. The van der Waals surface area contributed by atoms with Gasteiger partial charge in [0, 0.05) is 17.3 Å². The molecule has 0 saturated carbocycles. The van der Waals surface area contributed by atoms with Crippen molar-refractivity contribution in [3.63, 3.8) is 0 Å².